The molecule has 2 rings (SSSR count). The zero-order valence-electron chi connectivity index (χ0n) is 8.62. The number of aryl methyl sites for hydroxylation is 1. The Bertz CT molecular complexity index is 565. The average Bonchev–Trinajstić information content (AvgIpc) is 2.28. The maximum absolute atomic E-state index is 11.4. The van der Waals surface area contributed by atoms with Crippen molar-refractivity contribution >= 4 is 34.1 Å². The molecule has 4 nitrogen and oxygen atoms in total. The minimum atomic E-state index is -0.133. The van der Waals surface area contributed by atoms with Crippen LogP contribution in [0.4, 0.5) is 11.5 Å². The second-order valence-electron chi connectivity index (χ2n) is 3.33. The Morgan fingerprint density at radius 3 is 2.88 bits per heavy atom. The van der Waals surface area contributed by atoms with Gasteiger partial charge in [-0.2, -0.15) is 0 Å². The Kier molecular flexibility index (Phi) is 3.23. The highest BCUT2D eigenvalue weighted by atomic mass is 127. The zero-order chi connectivity index (χ0) is 11.5. The first kappa shape index (κ1) is 11.1. The van der Waals surface area contributed by atoms with Crippen molar-refractivity contribution in [1.29, 1.82) is 0 Å². The summed E-state index contributed by atoms with van der Waals surface area (Å²) in [6.07, 6.45) is 1.39. The van der Waals surface area contributed by atoms with Crippen LogP contribution in [0.1, 0.15) is 5.56 Å². The lowest BCUT2D eigenvalue weighted by Crippen LogP contribution is -2.13. The third-order valence-electron chi connectivity index (χ3n) is 2.19. The van der Waals surface area contributed by atoms with Crippen LogP contribution in [-0.2, 0) is 0 Å². The van der Waals surface area contributed by atoms with Crippen molar-refractivity contribution in [1.82, 2.24) is 9.97 Å². The number of hydrogen-bond acceptors (Lipinski definition) is 3. The van der Waals surface area contributed by atoms with Gasteiger partial charge in [-0.15, -0.1) is 0 Å². The third-order valence-corrected chi connectivity index (χ3v) is 3.20. The first-order valence-electron chi connectivity index (χ1n) is 4.74. The van der Waals surface area contributed by atoms with E-state index in [4.69, 9.17) is 0 Å². The van der Waals surface area contributed by atoms with Gasteiger partial charge in [0.15, 0.2) is 5.82 Å². The van der Waals surface area contributed by atoms with Crippen molar-refractivity contribution in [3.63, 3.8) is 0 Å². The summed E-state index contributed by atoms with van der Waals surface area (Å²) in [7, 11) is 0. The molecule has 1 aromatic heterocycles. The van der Waals surface area contributed by atoms with E-state index in [9.17, 15) is 4.79 Å². The van der Waals surface area contributed by atoms with Crippen LogP contribution in [0.3, 0.4) is 0 Å². The van der Waals surface area contributed by atoms with E-state index in [2.05, 4.69) is 15.3 Å². The van der Waals surface area contributed by atoms with Crippen LogP contribution < -0.4 is 10.9 Å². The molecule has 1 aromatic carbocycles. The van der Waals surface area contributed by atoms with Gasteiger partial charge in [-0.1, -0.05) is 18.2 Å². The highest BCUT2D eigenvalue weighted by molar-refractivity contribution is 14.1. The molecule has 0 amide bonds. The maximum atomic E-state index is 11.4. The van der Waals surface area contributed by atoms with Gasteiger partial charge in [0.25, 0.3) is 5.56 Å². The fourth-order valence-corrected chi connectivity index (χ4v) is 1.74. The van der Waals surface area contributed by atoms with Gasteiger partial charge < -0.3 is 10.3 Å². The number of benzene rings is 1. The number of nitrogens with zero attached hydrogens (tertiary/aromatic N) is 1. The van der Waals surface area contributed by atoms with Gasteiger partial charge >= 0.3 is 0 Å². The molecule has 0 atom stereocenters. The molecule has 82 valence electrons. The number of nitrogens with one attached hydrogen (secondary N) is 2. The Morgan fingerprint density at radius 1 is 1.38 bits per heavy atom. The van der Waals surface area contributed by atoms with Crippen LogP contribution >= 0.6 is 22.6 Å². The maximum Gasteiger partial charge on any atom is 0.266 e. The van der Waals surface area contributed by atoms with E-state index < -0.39 is 0 Å². The van der Waals surface area contributed by atoms with Gasteiger partial charge in [0.1, 0.15) is 3.57 Å². The van der Waals surface area contributed by atoms with Crippen LogP contribution in [-0.4, -0.2) is 9.97 Å². The van der Waals surface area contributed by atoms with E-state index >= 15 is 0 Å². The molecule has 0 radical (unpaired) electrons. The first-order valence-corrected chi connectivity index (χ1v) is 5.82. The van der Waals surface area contributed by atoms with E-state index in [1.165, 1.54) is 6.33 Å². The number of halogens is 1. The molecule has 0 bridgehead atoms. The van der Waals surface area contributed by atoms with E-state index in [1.54, 1.807) is 0 Å². The van der Waals surface area contributed by atoms with E-state index in [0.29, 0.717) is 9.39 Å². The summed E-state index contributed by atoms with van der Waals surface area (Å²) in [5.41, 5.74) is 1.94. The summed E-state index contributed by atoms with van der Waals surface area (Å²) in [4.78, 5) is 18.0. The molecule has 5 heteroatoms. The van der Waals surface area contributed by atoms with Crippen molar-refractivity contribution in [2.75, 3.05) is 5.32 Å². The lowest BCUT2D eigenvalue weighted by molar-refractivity contribution is 1.10. The highest BCUT2D eigenvalue weighted by Crippen LogP contribution is 2.20. The molecule has 1 heterocycles. The lowest BCUT2D eigenvalue weighted by Gasteiger charge is -2.08. The Hall–Kier alpha value is -1.37. The van der Waals surface area contributed by atoms with Crippen LogP contribution in [0, 0.1) is 10.5 Å². The van der Waals surface area contributed by atoms with Gasteiger partial charge in [-0.25, -0.2) is 4.98 Å². The van der Waals surface area contributed by atoms with Crippen molar-refractivity contribution in [3.8, 4) is 0 Å². The van der Waals surface area contributed by atoms with Gasteiger partial charge in [-0.05, 0) is 41.1 Å². The molecule has 0 fully saturated rings. The van der Waals surface area contributed by atoms with Crippen LogP contribution in [0.15, 0.2) is 35.4 Å². The van der Waals surface area contributed by atoms with E-state index in [1.807, 2.05) is 53.8 Å². The number of anilines is 2. The molecular weight excluding hydrogens is 317 g/mol. The monoisotopic (exact) mass is 327 g/mol. The summed E-state index contributed by atoms with van der Waals surface area (Å²) < 4.78 is 0.559. The molecule has 0 aliphatic carbocycles. The number of rotatable bonds is 2. The highest BCUT2D eigenvalue weighted by Gasteiger charge is 2.05. The molecule has 0 aliphatic rings. The number of para-hydroxylation sites is 1. The van der Waals surface area contributed by atoms with Crippen LogP contribution in [0.25, 0.3) is 0 Å². The number of hydrogen-bond donors (Lipinski definition) is 2. The molecular formula is C11H10IN3O. The van der Waals surface area contributed by atoms with Crippen molar-refractivity contribution in [2.24, 2.45) is 0 Å². The molecule has 2 N–H and O–H groups in total. The predicted octanol–water partition coefficient (Wildman–Crippen LogP) is 2.43. The van der Waals surface area contributed by atoms with Gasteiger partial charge in [0, 0.05) is 5.69 Å². The van der Waals surface area contributed by atoms with Gasteiger partial charge in [-0.3, -0.25) is 4.79 Å². The summed E-state index contributed by atoms with van der Waals surface area (Å²) >= 11 is 1.97. The summed E-state index contributed by atoms with van der Waals surface area (Å²) in [5.74, 6) is 0.582. The largest absolute Gasteiger partial charge is 0.339 e. The second-order valence-corrected chi connectivity index (χ2v) is 4.41. The number of aromatic amines is 1. The third kappa shape index (κ3) is 2.24. The molecule has 0 saturated carbocycles. The van der Waals surface area contributed by atoms with Crippen molar-refractivity contribution in [3.05, 3.63) is 50.1 Å². The summed E-state index contributed by atoms with van der Waals surface area (Å²) in [5, 5.41) is 3.14. The predicted molar refractivity (Wildman–Crippen MR) is 72.0 cm³/mol. The van der Waals surface area contributed by atoms with Crippen molar-refractivity contribution in [2.45, 2.75) is 6.92 Å². The number of H-pyrrole nitrogens is 1. The molecule has 16 heavy (non-hydrogen) atoms. The van der Waals surface area contributed by atoms with Gasteiger partial charge in [0.05, 0.1) is 6.33 Å². The minimum absolute atomic E-state index is 0.133. The Morgan fingerprint density at radius 2 is 2.12 bits per heavy atom. The molecule has 0 aliphatic heterocycles. The van der Waals surface area contributed by atoms with E-state index in [0.717, 1.165) is 11.3 Å². The fraction of sp³-hybridized carbons (Fsp3) is 0.0909. The standard InChI is InChI=1S/C11H10IN3O/c1-7-4-2-3-5-8(7)15-10-9(12)11(16)14-6-13-10/h2-6H,1H3,(H2,13,14,15,16). The lowest BCUT2D eigenvalue weighted by atomic mass is 10.2. The molecule has 2 aromatic rings. The summed E-state index contributed by atoms with van der Waals surface area (Å²) in [6.45, 7) is 2.00. The van der Waals surface area contributed by atoms with Crippen LogP contribution in [0.5, 0.6) is 0 Å². The van der Waals surface area contributed by atoms with Crippen molar-refractivity contribution < 1.29 is 0 Å². The summed E-state index contributed by atoms with van der Waals surface area (Å²) in [6, 6.07) is 7.86. The SMILES string of the molecule is Cc1ccccc1Nc1nc[nH]c(=O)c1I. The number of aromatic nitrogens is 2. The second kappa shape index (κ2) is 4.65. The van der Waals surface area contributed by atoms with E-state index in [-0.39, 0.29) is 5.56 Å². The minimum Gasteiger partial charge on any atom is -0.339 e. The quantitative estimate of drug-likeness (QED) is 0.833. The van der Waals surface area contributed by atoms with Gasteiger partial charge in [0.2, 0.25) is 0 Å². The molecule has 0 saturated heterocycles. The smallest absolute Gasteiger partial charge is 0.266 e. The zero-order valence-corrected chi connectivity index (χ0v) is 10.8. The normalized spacial score (nSPS) is 10.1. The Labute approximate surface area is 106 Å². The van der Waals surface area contributed by atoms with Crippen LogP contribution in [0.2, 0.25) is 0 Å². The fourth-order valence-electron chi connectivity index (χ4n) is 1.31. The average molecular weight is 327 g/mol. The Balaban J connectivity index is 2.38. The first-order chi connectivity index (χ1) is 7.68. The topological polar surface area (TPSA) is 57.8 Å². The molecule has 0 spiro atoms. The molecule has 0 unspecified atom stereocenters.